The molecular weight excluding hydrogens is 335 g/mol. The molecule has 2 aromatic carbocycles. The lowest BCUT2D eigenvalue weighted by atomic mass is 10.0. The van der Waals surface area contributed by atoms with Gasteiger partial charge in [-0.3, -0.25) is 4.79 Å². The van der Waals surface area contributed by atoms with Crippen molar-refractivity contribution in [2.24, 2.45) is 0 Å². The first kappa shape index (κ1) is 15.7. The van der Waals surface area contributed by atoms with Crippen LogP contribution in [0.15, 0.2) is 46.9 Å². The molecule has 4 heteroatoms. The Labute approximate surface area is 132 Å². The average Bonchev–Trinajstić information content (AvgIpc) is 2.50. The maximum absolute atomic E-state index is 13.9. The minimum atomic E-state index is -0.536. The van der Waals surface area contributed by atoms with Crippen molar-refractivity contribution >= 4 is 21.7 Å². The maximum atomic E-state index is 13.9. The van der Waals surface area contributed by atoms with E-state index in [4.69, 9.17) is 4.74 Å². The van der Waals surface area contributed by atoms with Crippen molar-refractivity contribution in [1.29, 1.82) is 0 Å². The molecule has 110 valence electrons. The minimum Gasteiger partial charge on any atom is -0.494 e. The predicted molar refractivity (Wildman–Crippen MR) is 84.4 cm³/mol. The predicted octanol–water partition coefficient (Wildman–Crippen LogP) is 5.00. The Hall–Kier alpha value is -1.68. The summed E-state index contributed by atoms with van der Waals surface area (Å²) in [5, 5.41) is 0. The number of carbonyl (C=O) groups excluding carboxylic acids is 1. The lowest BCUT2D eigenvalue weighted by molar-refractivity contribution is 0.103. The Morgan fingerprint density at radius 3 is 2.57 bits per heavy atom. The molecule has 0 atom stereocenters. The largest absolute Gasteiger partial charge is 0.494 e. The van der Waals surface area contributed by atoms with Crippen molar-refractivity contribution < 1.29 is 13.9 Å². The first-order valence-electron chi connectivity index (χ1n) is 6.85. The van der Waals surface area contributed by atoms with Gasteiger partial charge in [-0.2, -0.15) is 0 Å². The van der Waals surface area contributed by atoms with E-state index in [9.17, 15) is 9.18 Å². The van der Waals surface area contributed by atoms with Gasteiger partial charge in [0.25, 0.3) is 0 Å². The highest BCUT2D eigenvalue weighted by atomic mass is 79.9. The first-order chi connectivity index (χ1) is 10.1. The van der Waals surface area contributed by atoms with Crippen molar-refractivity contribution in [1.82, 2.24) is 0 Å². The summed E-state index contributed by atoms with van der Waals surface area (Å²) in [6.45, 7) is 2.75. The molecule has 0 radical (unpaired) electrons. The number of benzene rings is 2. The standard InChI is InChI=1S/C17H16BrFO2/c1-2-3-11-21-13-9-7-12(8-10-13)17(20)14-5-4-6-15(18)16(14)19/h4-10H,2-3,11H2,1H3. The maximum Gasteiger partial charge on any atom is 0.196 e. The van der Waals surface area contributed by atoms with E-state index in [1.165, 1.54) is 6.07 Å². The lowest BCUT2D eigenvalue weighted by Gasteiger charge is -2.07. The normalized spacial score (nSPS) is 10.4. The van der Waals surface area contributed by atoms with Gasteiger partial charge in [0.1, 0.15) is 11.6 Å². The van der Waals surface area contributed by atoms with E-state index in [1.807, 2.05) is 0 Å². The van der Waals surface area contributed by atoms with Gasteiger partial charge >= 0.3 is 0 Å². The molecule has 21 heavy (non-hydrogen) atoms. The molecule has 0 fully saturated rings. The quantitative estimate of drug-likeness (QED) is 0.541. The Morgan fingerprint density at radius 1 is 1.19 bits per heavy atom. The van der Waals surface area contributed by atoms with Crippen molar-refractivity contribution in [2.75, 3.05) is 6.61 Å². The molecule has 0 saturated carbocycles. The van der Waals surface area contributed by atoms with Gasteiger partial charge in [0.05, 0.1) is 16.6 Å². The van der Waals surface area contributed by atoms with Crippen LogP contribution in [0.1, 0.15) is 35.7 Å². The molecule has 2 rings (SSSR count). The van der Waals surface area contributed by atoms with Gasteiger partial charge in [-0.05, 0) is 58.7 Å². The molecule has 2 nitrogen and oxygen atoms in total. The van der Waals surface area contributed by atoms with Crippen LogP contribution in [0.2, 0.25) is 0 Å². The number of halogens is 2. The van der Waals surface area contributed by atoms with Crippen LogP contribution in [0, 0.1) is 5.82 Å². The van der Waals surface area contributed by atoms with Crippen LogP contribution in [0.5, 0.6) is 5.75 Å². The second-order valence-electron chi connectivity index (χ2n) is 4.66. The van der Waals surface area contributed by atoms with Crippen molar-refractivity contribution in [2.45, 2.75) is 19.8 Å². The summed E-state index contributed by atoms with van der Waals surface area (Å²) in [7, 11) is 0. The van der Waals surface area contributed by atoms with E-state index in [0.717, 1.165) is 18.6 Å². The number of hydrogen-bond acceptors (Lipinski definition) is 2. The molecule has 0 heterocycles. The molecule has 0 aliphatic rings. The van der Waals surface area contributed by atoms with Crippen molar-refractivity contribution in [3.05, 3.63) is 63.9 Å². The van der Waals surface area contributed by atoms with Gasteiger partial charge in [-0.25, -0.2) is 4.39 Å². The van der Waals surface area contributed by atoms with Crippen LogP contribution in [-0.4, -0.2) is 12.4 Å². The molecule has 2 aromatic rings. The molecule has 0 aliphatic carbocycles. The third kappa shape index (κ3) is 3.91. The van der Waals surface area contributed by atoms with Gasteiger partial charge in [-0.1, -0.05) is 19.4 Å². The summed E-state index contributed by atoms with van der Waals surface area (Å²) in [4.78, 5) is 12.3. The van der Waals surface area contributed by atoms with Crippen LogP contribution < -0.4 is 4.74 Å². The Kier molecular flexibility index (Phi) is 5.51. The summed E-state index contributed by atoms with van der Waals surface area (Å²) in [6.07, 6.45) is 2.06. The highest BCUT2D eigenvalue weighted by Crippen LogP contribution is 2.22. The summed E-state index contributed by atoms with van der Waals surface area (Å²) >= 11 is 3.09. The van der Waals surface area contributed by atoms with Crippen LogP contribution in [0.3, 0.4) is 0 Å². The van der Waals surface area contributed by atoms with Gasteiger partial charge in [0, 0.05) is 5.56 Å². The molecule has 0 spiro atoms. The van der Waals surface area contributed by atoms with E-state index in [2.05, 4.69) is 22.9 Å². The first-order valence-corrected chi connectivity index (χ1v) is 7.64. The highest BCUT2D eigenvalue weighted by molar-refractivity contribution is 9.10. The fraction of sp³-hybridized carbons (Fsp3) is 0.235. The molecule has 0 aromatic heterocycles. The number of rotatable bonds is 6. The molecular formula is C17H16BrFO2. The van der Waals surface area contributed by atoms with Crippen LogP contribution in [-0.2, 0) is 0 Å². The third-order valence-corrected chi connectivity index (χ3v) is 3.69. The number of ether oxygens (including phenoxy) is 1. The zero-order valence-electron chi connectivity index (χ0n) is 11.7. The van der Waals surface area contributed by atoms with Gasteiger partial charge in [0.15, 0.2) is 5.78 Å². The molecule has 0 unspecified atom stereocenters. The second kappa shape index (κ2) is 7.36. The number of carbonyl (C=O) groups is 1. The zero-order chi connectivity index (χ0) is 15.2. The summed E-state index contributed by atoms with van der Waals surface area (Å²) < 4.78 is 19.8. The monoisotopic (exact) mass is 350 g/mol. The number of hydrogen-bond donors (Lipinski definition) is 0. The van der Waals surface area contributed by atoms with E-state index in [-0.39, 0.29) is 15.8 Å². The second-order valence-corrected chi connectivity index (χ2v) is 5.51. The average molecular weight is 351 g/mol. The number of ketones is 1. The molecule has 0 amide bonds. The smallest absolute Gasteiger partial charge is 0.196 e. The van der Waals surface area contributed by atoms with Crippen LogP contribution >= 0.6 is 15.9 Å². The van der Waals surface area contributed by atoms with Gasteiger partial charge < -0.3 is 4.74 Å². The van der Waals surface area contributed by atoms with E-state index < -0.39 is 5.82 Å². The minimum absolute atomic E-state index is 0.0593. The molecule has 0 aliphatic heterocycles. The Balaban J connectivity index is 2.14. The molecule has 0 bridgehead atoms. The van der Waals surface area contributed by atoms with Crippen molar-refractivity contribution in [3.8, 4) is 5.75 Å². The number of unbranched alkanes of at least 4 members (excludes halogenated alkanes) is 1. The fourth-order valence-corrected chi connectivity index (χ4v) is 2.24. The van der Waals surface area contributed by atoms with E-state index in [0.29, 0.717) is 12.2 Å². The summed E-state index contributed by atoms with van der Waals surface area (Å²) in [5.74, 6) is -0.158. The van der Waals surface area contributed by atoms with E-state index in [1.54, 1.807) is 36.4 Å². The zero-order valence-corrected chi connectivity index (χ0v) is 13.3. The fourth-order valence-electron chi connectivity index (χ4n) is 1.87. The molecule has 0 saturated heterocycles. The molecule has 0 N–H and O–H groups in total. The van der Waals surface area contributed by atoms with Crippen molar-refractivity contribution in [3.63, 3.8) is 0 Å². The topological polar surface area (TPSA) is 26.3 Å². The summed E-state index contributed by atoms with van der Waals surface area (Å²) in [6, 6.07) is 11.5. The third-order valence-electron chi connectivity index (χ3n) is 3.08. The van der Waals surface area contributed by atoms with Crippen LogP contribution in [0.4, 0.5) is 4.39 Å². The lowest BCUT2D eigenvalue weighted by Crippen LogP contribution is -2.05. The van der Waals surface area contributed by atoms with E-state index >= 15 is 0 Å². The van der Waals surface area contributed by atoms with Gasteiger partial charge in [-0.15, -0.1) is 0 Å². The van der Waals surface area contributed by atoms with Gasteiger partial charge in [0.2, 0.25) is 0 Å². The summed E-state index contributed by atoms with van der Waals surface area (Å²) in [5.41, 5.74) is 0.499. The Morgan fingerprint density at radius 2 is 1.90 bits per heavy atom. The highest BCUT2D eigenvalue weighted by Gasteiger charge is 2.15. The van der Waals surface area contributed by atoms with Crippen LogP contribution in [0.25, 0.3) is 0 Å². The Bertz CT molecular complexity index is 623. The SMILES string of the molecule is CCCCOc1ccc(C(=O)c2cccc(Br)c2F)cc1.